The lowest BCUT2D eigenvalue weighted by Crippen LogP contribution is -2.50. The summed E-state index contributed by atoms with van der Waals surface area (Å²) >= 11 is 0. The molecule has 0 aliphatic carbocycles. The first kappa shape index (κ1) is 18.2. The van der Waals surface area contributed by atoms with E-state index in [4.69, 9.17) is 10.5 Å². The Labute approximate surface area is 142 Å². The van der Waals surface area contributed by atoms with E-state index in [1.807, 2.05) is 20.8 Å². The molecule has 0 radical (unpaired) electrons. The summed E-state index contributed by atoms with van der Waals surface area (Å²) in [6, 6.07) is 6.08. The molecule has 1 aromatic rings. The molecule has 1 aliphatic heterocycles. The van der Waals surface area contributed by atoms with Crippen molar-refractivity contribution >= 4 is 12.0 Å². The third kappa shape index (κ3) is 4.46. The van der Waals surface area contributed by atoms with Crippen molar-refractivity contribution in [3.05, 3.63) is 35.6 Å². The van der Waals surface area contributed by atoms with Crippen LogP contribution in [0, 0.1) is 11.2 Å². The fourth-order valence-corrected chi connectivity index (χ4v) is 2.95. The maximum atomic E-state index is 13.0. The molecule has 0 atom stereocenters. The molecule has 0 bridgehead atoms. The van der Waals surface area contributed by atoms with Gasteiger partial charge in [0.05, 0.1) is 5.41 Å². The summed E-state index contributed by atoms with van der Waals surface area (Å²) in [5.41, 5.74) is 5.25. The second-order valence-electron chi connectivity index (χ2n) is 7.42. The zero-order valence-electron chi connectivity index (χ0n) is 14.5. The van der Waals surface area contributed by atoms with Crippen LogP contribution in [0.5, 0.6) is 0 Å². The highest BCUT2D eigenvalue weighted by atomic mass is 19.1. The lowest BCUT2D eigenvalue weighted by molar-refractivity contribution is -0.130. The molecule has 1 saturated heterocycles. The second-order valence-corrected chi connectivity index (χ2v) is 7.42. The van der Waals surface area contributed by atoms with Gasteiger partial charge < -0.3 is 15.4 Å². The van der Waals surface area contributed by atoms with Crippen molar-refractivity contribution in [2.45, 2.75) is 45.6 Å². The number of benzene rings is 1. The number of carbonyl (C=O) groups excluding carboxylic acids is 2. The fraction of sp³-hybridized carbons (Fsp3) is 0.556. The number of likely N-dealkylation sites (tertiary alicyclic amines) is 1. The van der Waals surface area contributed by atoms with Gasteiger partial charge in [-0.2, -0.15) is 0 Å². The fourth-order valence-electron chi connectivity index (χ4n) is 2.95. The van der Waals surface area contributed by atoms with Gasteiger partial charge in [-0.25, -0.2) is 9.18 Å². The van der Waals surface area contributed by atoms with Gasteiger partial charge in [-0.05, 0) is 57.7 Å². The Morgan fingerprint density at radius 2 is 1.75 bits per heavy atom. The Balaban J connectivity index is 2.05. The second kappa shape index (κ2) is 6.79. The van der Waals surface area contributed by atoms with Crippen LogP contribution in [0.3, 0.4) is 0 Å². The van der Waals surface area contributed by atoms with Crippen molar-refractivity contribution in [3.63, 3.8) is 0 Å². The molecule has 6 heteroatoms. The van der Waals surface area contributed by atoms with Gasteiger partial charge in [0.25, 0.3) is 0 Å². The first-order valence-corrected chi connectivity index (χ1v) is 8.14. The third-order valence-electron chi connectivity index (χ3n) is 4.35. The molecule has 1 heterocycles. The number of halogens is 1. The number of hydrogen-bond donors (Lipinski definition) is 1. The van der Waals surface area contributed by atoms with Crippen molar-refractivity contribution in [1.82, 2.24) is 4.90 Å². The molecule has 0 unspecified atom stereocenters. The zero-order valence-corrected chi connectivity index (χ0v) is 14.5. The van der Waals surface area contributed by atoms with Crippen LogP contribution >= 0.6 is 0 Å². The van der Waals surface area contributed by atoms with Crippen molar-refractivity contribution in [2.24, 2.45) is 11.1 Å². The Morgan fingerprint density at radius 3 is 2.21 bits per heavy atom. The van der Waals surface area contributed by atoms with Gasteiger partial charge in [0.1, 0.15) is 11.4 Å². The maximum absolute atomic E-state index is 13.0. The molecule has 132 valence electrons. The topological polar surface area (TPSA) is 72.6 Å². The van der Waals surface area contributed by atoms with Crippen molar-refractivity contribution in [2.75, 3.05) is 13.1 Å². The van der Waals surface area contributed by atoms with E-state index in [-0.39, 0.29) is 17.8 Å². The molecule has 2 N–H and O–H groups in total. The predicted octanol–water partition coefficient (Wildman–Crippen LogP) is 2.87. The van der Waals surface area contributed by atoms with E-state index in [2.05, 4.69) is 0 Å². The quantitative estimate of drug-likeness (QED) is 0.922. The molecule has 2 amide bonds. The molecule has 5 nitrogen and oxygen atoms in total. The van der Waals surface area contributed by atoms with Crippen LogP contribution in [0.15, 0.2) is 24.3 Å². The van der Waals surface area contributed by atoms with Gasteiger partial charge >= 0.3 is 6.09 Å². The van der Waals surface area contributed by atoms with Gasteiger partial charge in [0, 0.05) is 13.1 Å². The number of amides is 2. The average molecular weight is 336 g/mol. The third-order valence-corrected chi connectivity index (χ3v) is 4.35. The number of hydrogen-bond acceptors (Lipinski definition) is 3. The van der Waals surface area contributed by atoms with Crippen LogP contribution < -0.4 is 5.73 Å². The SMILES string of the molecule is CC(C)(C)OC(=O)N1CCC(Cc2ccc(F)cc2)(C(N)=O)CC1. The van der Waals surface area contributed by atoms with Gasteiger partial charge in [0.15, 0.2) is 0 Å². The molecule has 0 spiro atoms. The van der Waals surface area contributed by atoms with E-state index in [0.717, 1.165) is 5.56 Å². The number of rotatable bonds is 3. The highest BCUT2D eigenvalue weighted by molar-refractivity contribution is 5.81. The van der Waals surface area contributed by atoms with Gasteiger partial charge in [0.2, 0.25) is 5.91 Å². The van der Waals surface area contributed by atoms with Crippen molar-refractivity contribution in [1.29, 1.82) is 0 Å². The van der Waals surface area contributed by atoms with Crippen LogP contribution in [0.2, 0.25) is 0 Å². The molecule has 0 saturated carbocycles. The normalized spacial score (nSPS) is 17.4. The standard InChI is InChI=1S/C18H25FN2O3/c1-17(2,3)24-16(23)21-10-8-18(9-11-21,15(20)22)12-13-4-6-14(19)7-5-13/h4-7H,8-12H2,1-3H3,(H2,20,22). The molecule has 0 aromatic heterocycles. The van der Waals surface area contributed by atoms with E-state index in [1.54, 1.807) is 17.0 Å². The van der Waals surface area contributed by atoms with Crippen LogP contribution in [0.1, 0.15) is 39.2 Å². The molecule has 24 heavy (non-hydrogen) atoms. The first-order chi connectivity index (χ1) is 11.1. The van der Waals surface area contributed by atoms with Crippen LogP contribution in [-0.2, 0) is 16.0 Å². The summed E-state index contributed by atoms with van der Waals surface area (Å²) in [5.74, 6) is -0.692. The molecule has 1 fully saturated rings. The average Bonchev–Trinajstić information content (AvgIpc) is 2.48. The number of nitrogens with two attached hydrogens (primary N) is 1. The minimum absolute atomic E-state index is 0.313. The smallest absolute Gasteiger partial charge is 0.410 e. The lowest BCUT2D eigenvalue weighted by atomic mass is 9.73. The highest BCUT2D eigenvalue weighted by Gasteiger charge is 2.41. The molecular weight excluding hydrogens is 311 g/mol. The molecule has 2 rings (SSSR count). The summed E-state index contributed by atoms with van der Waals surface area (Å²) in [6.07, 6.45) is 1.02. The number of carbonyl (C=O) groups is 2. The number of ether oxygens (including phenoxy) is 1. The first-order valence-electron chi connectivity index (χ1n) is 8.14. The zero-order chi connectivity index (χ0) is 18.0. The van der Waals surface area contributed by atoms with Gasteiger partial charge in [-0.1, -0.05) is 12.1 Å². The van der Waals surface area contributed by atoms with Crippen LogP contribution in [0.4, 0.5) is 9.18 Å². The lowest BCUT2D eigenvalue weighted by Gasteiger charge is -2.40. The highest BCUT2D eigenvalue weighted by Crippen LogP contribution is 2.35. The molecular formula is C18H25FN2O3. The summed E-state index contributed by atoms with van der Waals surface area (Å²) in [5, 5.41) is 0. The van der Waals surface area contributed by atoms with Crippen molar-refractivity contribution < 1.29 is 18.7 Å². The monoisotopic (exact) mass is 336 g/mol. The van der Waals surface area contributed by atoms with E-state index < -0.39 is 11.0 Å². The molecule has 1 aliphatic rings. The maximum Gasteiger partial charge on any atom is 0.410 e. The largest absolute Gasteiger partial charge is 0.444 e. The minimum atomic E-state index is -0.712. The van der Waals surface area contributed by atoms with Crippen LogP contribution in [-0.4, -0.2) is 35.6 Å². The van der Waals surface area contributed by atoms with E-state index in [0.29, 0.717) is 32.4 Å². The summed E-state index contributed by atoms with van der Waals surface area (Å²) in [7, 11) is 0. The Hall–Kier alpha value is -2.11. The Bertz CT molecular complexity index is 600. The number of nitrogens with zero attached hydrogens (tertiary/aromatic N) is 1. The van der Waals surface area contributed by atoms with Crippen molar-refractivity contribution in [3.8, 4) is 0 Å². The Kier molecular flexibility index (Phi) is 5.16. The van der Waals surface area contributed by atoms with Crippen LogP contribution in [0.25, 0.3) is 0 Å². The van der Waals surface area contributed by atoms with E-state index in [9.17, 15) is 14.0 Å². The van der Waals surface area contributed by atoms with Gasteiger partial charge in [-0.15, -0.1) is 0 Å². The predicted molar refractivity (Wildman–Crippen MR) is 88.8 cm³/mol. The molecule has 1 aromatic carbocycles. The summed E-state index contributed by atoms with van der Waals surface area (Å²) < 4.78 is 18.4. The van der Waals surface area contributed by atoms with E-state index >= 15 is 0 Å². The summed E-state index contributed by atoms with van der Waals surface area (Å²) in [4.78, 5) is 25.8. The number of piperidine rings is 1. The summed E-state index contributed by atoms with van der Waals surface area (Å²) in [6.45, 7) is 6.28. The minimum Gasteiger partial charge on any atom is -0.444 e. The van der Waals surface area contributed by atoms with E-state index in [1.165, 1.54) is 12.1 Å². The number of primary amides is 1. The Morgan fingerprint density at radius 1 is 1.21 bits per heavy atom. The van der Waals surface area contributed by atoms with Gasteiger partial charge in [-0.3, -0.25) is 4.79 Å².